The van der Waals surface area contributed by atoms with Crippen LogP contribution in [0.3, 0.4) is 0 Å². The van der Waals surface area contributed by atoms with Crippen molar-refractivity contribution in [3.63, 3.8) is 0 Å². The number of nitrogens with one attached hydrogen (secondary N) is 2. The average molecular weight is 426 g/mol. The molecule has 0 aromatic heterocycles. The van der Waals surface area contributed by atoms with Gasteiger partial charge in [-0.25, -0.2) is 20.4 Å². The van der Waals surface area contributed by atoms with Crippen LogP contribution in [0.2, 0.25) is 0 Å². The Kier molecular flexibility index (Phi) is 10.9. The van der Waals surface area contributed by atoms with Crippen LogP contribution in [0.15, 0.2) is 65.0 Å². The van der Waals surface area contributed by atoms with E-state index >= 15 is 0 Å². The van der Waals surface area contributed by atoms with E-state index in [0.29, 0.717) is 0 Å². The van der Waals surface area contributed by atoms with E-state index in [1.807, 2.05) is 61.5 Å². The number of carboxylic acids is 2. The fourth-order valence-corrected chi connectivity index (χ4v) is 2.38. The van der Waals surface area contributed by atoms with E-state index < -0.39 is 24.0 Å². The minimum Gasteiger partial charge on any atom is -0.478 e. The number of aryl methyl sites for hydroxylation is 1. The maximum absolute atomic E-state index is 10.8. The number of hydrogen-bond acceptors (Lipinski definition) is 4. The Morgan fingerprint density at radius 2 is 1.26 bits per heavy atom. The third-order valence-corrected chi connectivity index (χ3v) is 3.96. The third-order valence-electron chi connectivity index (χ3n) is 3.96. The highest BCUT2D eigenvalue weighted by Crippen LogP contribution is 2.06. The Morgan fingerprint density at radius 3 is 1.65 bits per heavy atom. The molecule has 0 radical (unpaired) electrons. The summed E-state index contributed by atoms with van der Waals surface area (Å²) in [5, 5.41) is 23.8. The number of aliphatic carboxylic acids is 2. The number of carbonyl (C=O) groups is 2. The maximum Gasteiger partial charge on any atom is 0.349 e. The lowest BCUT2D eigenvalue weighted by molar-refractivity contribution is -0.140. The number of rotatable bonds is 10. The molecule has 12 nitrogen and oxygen atoms in total. The summed E-state index contributed by atoms with van der Waals surface area (Å²) in [5.41, 5.74) is 23.5. The van der Waals surface area contributed by atoms with Crippen LogP contribution in [0, 0.1) is 6.92 Å². The molecule has 4 N–H and O–H groups in total. The summed E-state index contributed by atoms with van der Waals surface area (Å²) < 4.78 is 0. The summed E-state index contributed by atoms with van der Waals surface area (Å²) in [4.78, 5) is 26.5. The highest BCUT2D eigenvalue weighted by atomic mass is 16.4. The van der Waals surface area contributed by atoms with Gasteiger partial charge in [-0.2, -0.15) is 9.82 Å². The second-order valence-corrected chi connectivity index (χ2v) is 6.30. The van der Waals surface area contributed by atoms with E-state index in [1.54, 1.807) is 0 Å². The van der Waals surface area contributed by atoms with Crippen LogP contribution in [0.1, 0.15) is 16.7 Å². The fourth-order valence-electron chi connectivity index (χ4n) is 2.38. The minimum atomic E-state index is -1.05. The van der Waals surface area contributed by atoms with Gasteiger partial charge in [0.2, 0.25) is 0 Å². The van der Waals surface area contributed by atoms with Crippen LogP contribution in [0.25, 0.3) is 20.9 Å². The molecule has 0 aliphatic heterocycles. The standard InChI is InChI=1S/C10H12N4O2.C9H10N4O2/c1-7-2-4-8(5-3-7)6-9(10(15)16)12-14-13-11;10-12-13-11-8(9(14)15)6-7-4-2-1-3-5-7/h2-5,9,12H,6H2,1H3,(H,15,16);1-5,8,11H,6H2,(H,14,15)/t9-;8-/m00/s1. The molecule has 0 bridgehead atoms. The molecule has 12 heteroatoms. The van der Waals surface area contributed by atoms with Gasteiger partial charge in [-0.15, -0.1) is 11.1 Å². The monoisotopic (exact) mass is 426 g/mol. The van der Waals surface area contributed by atoms with Crippen molar-refractivity contribution < 1.29 is 19.8 Å². The van der Waals surface area contributed by atoms with Crippen LogP contribution in [-0.4, -0.2) is 34.2 Å². The Balaban J connectivity index is 0.000000311. The lowest BCUT2D eigenvalue weighted by atomic mass is 10.1. The average Bonchev–Trinajstić information content (AvgIpc) is 2.76. The SMILES string of the molecule is Cc1ccc(C[C@H](NN=[N+]=[N-])C(=O)O)cc1.[N-]=[N+]=NN[C@@H](Cc1ccccc1)C(=O)O. The van der Waals surface area contributed by atoms with E-state index in [-0.39, 0.29) is 12.8 Å². The van der Waals surface area contributed by atoms with Crippen LogP contribution < -0.4 is 10.9 Å². The van der Waals surface area contributed by atoms with Gasteiger partial charge < -0.3 is 10.2 Å². The van der Waals surface area contributed by atoms with Crippen molar-refractivity contribution in [3.05, 3.63) is 92.2 Å². The number of nitrogens with zero attached hydrogens (tertiary/aromatic N) is 6. The van der Waals surface area contributed by atoms with E-state index in [1.165, 1.54) is 0 Å². The van der Waals surface area contributed by atoms with Gasteiger partial charge in [0.1, 0.15) is 0 Å². The Hall–Kier alpha value is -4.40. The molecule has 0 aliphatic carbocycles. The summed E-state index contributed by atoms with van der Waals surface area (Å²) in [6.07, 6.45) is 0.545. The molecule has 0 saturated heterocycles. The predicted octanol–water partition coefficient (Wildman–Crippen LogP) is 3.30. The summed E-state index contributed by atoms with van der Waals surface area (Å²) in [5.74, 6) is -2.10. The van der Waals surface area contributed by atoms with Gasteiger partial charge in [0, 0.05) is 12.8 Å². The molecular formula is C19H22N8O4. The normalized spacial score (nSPS) is 11.3. The summed E-state index contributed by atoms with van der Waals surface area (Å²) in [6.45, 7) is 1.96. The highest BCUT2D eigenvalue weighted by Gasteiger charge is 2.20. The Bertz CT molecular complexity index is 939. The van der Waals surface area contributed by atoms with Crippen molar-refractivity contribution in [2.45, 2.75) is 31.8 Å². The van der Waals surface area contributed by atoms with Crippen molar-refractivity contribution in [2.24, 2.45) is 10.4 Å². The first-order valence-corrected chi connectivity index (χ1v) is 9.01. The molecule has 0 spiro atoms. The molecule has 0 heterocycles. The van der Waals surface area contributed by atoms with Gasteiger partial charge in [-0.05, 0) is 28.5 Å². The molecule has 162 valence electrons. The van der Waals surface area contributed by atoms with Crippen molar-refractivity contribution in [3.8, 4) is 0 Å². The molecule has 0 saturated carbocycles. The smallest absolute Gasteiger partial charge is 0.349 e. The van der Waals surface area contributed by atoms with Crippen molar-refractivity contribution >= 4 is 11.9 Å². The van der Waals surface area contributed by atoms with Gasteiger partial charge >= 0.3 is 11.9 Å². The zero-order chi connectivity index (χ0) is 23.1. The van der Waals surface area contributed by atoms with Crippen molar-refractivity contribution in [1.29, 1.82) is 0 Å². The first kappa shape index (κ1) is 24.6. The van der Waals surface area contributed by atoms with Gasteiger partial charge in [-0.1, -0.05) is 60.2 Å². The number of azide groups is 2. The molecule has 2 aromatic carbocycles. The lowest BCUT2D eigenvalue weighted by Gasteiger charge is -2.08. The second kappa shape index (κ2) is 13.7. The van der Waals surface area contributed by atoms with Crippen LogP contribution in [0.4, 0.5) is 0 Å². The van der Waals surface area contributed by atoms with Crippen LogP contribution >= 0.6 is 0 Å². The van der Waals surface area contributed by atoms with Crippen molar-refractivity contribution in [1.82, 2.24) is 10.9 Å². The molecular weight excluding hydrogens is 404 g/mol. The van der Waals surface area contributed by atoms with Crippen molar-refractivity contribution in [2.75, 3.05) is 0 Å². The molecule has 0 amide bonds. The van der Waals surface area contributed by atoms with Crippen LogP contribution in [-0.2, 0) is 22.4 Å². The fraction of sp³-hybridized carbons (Fsp3) is 0.263. The molecule has 2 rings (SSSR count). The number of hydrogen-bond donors (Lipinski definition) is 4. The van der Waals surface area contributed by atoms with Gasteiger partial charge in [-0.3, -0.25) is 0 Å². The maximum atomic E-state index is 10.8. The molecule has 0 fully saturated rings. The summed E-state index contributed by atoms with van der Waals surface area (Å²) in [7, 11) is 0. The third kappa shape index (κ3) is 10.1. The van der Waals surface area contributed by atoms with Gasteiger partial charge in [0.25, 0.3) is 0 Å². The second-order valence-electron chi connectivity index (χ2n) is 6.30. The topological polar surface area (TPSA) is 196 Å². The Labute approximate surface area is 177 Å². The van der Waals surface area contributed by atoms with Crippen LogP contribution in [0.5, 0.6) is 0 Å². The number of benzene rings is 2. The molecule has 2 aromatic rings. The van der Waals surface area contributed by atoms with E-state index in [4.69, 9.17) is 21.3 Å². The quantitative estimate of drug-likeness (QED) is 0.194. The van der Waals surface area contributed by atoms with Gasteiger partial charge in [0.05, 0.1) is 0 Å². The molecule has 0 aliphatic rings. The lowest BCUT2D eigenvalue weighted by Crippen LogP contribution is -2.34. The first-order valence-electron chi connectivity index (χ1n) is 9.01. The van der Waals surface area contributed by atoms with Gasteiger partial charge in [0.15, 0.2) is 12.1 Å². The highest BCUT2D eigenvalue weighted by molar-refractivity contribution is 5.74. The first-order chi connectivity index (χ1) is 14.9. The molecule has 0 unspecified atom stereocenters. The summed E-state index contributed by atoms with van der Waals surface area (Å²) in [6, 6.07) is 14.8. The zero-order valence-corrected chi connectivity index (χ0v) is 16.7. The van der Waals surface area contributed by atoms with E-state index in [9.17, 15) is 9.59 Å². The molecule has 2 atom stereocenters. The number of carboxylic acid groups (broad SMARTS) is 2. The largest absolute Gasteiger partial charge is 0.478 e. The predicted molar refractivity (Wildman–Crippen MR) is 112 cm³/mol. The van der Waals surface area contributed by atoms with E-state index in [0.717, 1.165) is 16.7 Å². The summed E-state index contributed by atoms with van der Waals surface area (Å²) >= 11 is 0. The Morgan fingerprint density at radius 1 is 0.839 bits per heavy atom. The molecule has 31 heavy (non-hydrogen) atoms. The zero-order valence-electron chi connectivity index (χ0n) is 16.7. The minimum absolute atomic E-state index is 0.272. The van der Waals surface area contributed by atoms with E-state index in [2.05, 4.69) is 31.1 Å².